The number of hydrogen-bond acceptors (Lipinski definition) is 5. The number of hydrogen-bond donors (Lipinski definition) is 1. The maximum atomic E-state index is 13.0. The lowest BCUT2D eigenvalue weighted by Gasteiger charge is -2.27. The first kappa shape index (κ1) is 15.8. The van der Waals surface area contributed by atoms with Gasteiger partial charge in [0.25, 0.3) is 0 Å². The highest BCUT2D eigenvalue weighted by Crippen LogP contribution is 2.42. The van der Waals surface area contributed by atoms with Crippen molar-refractivity contribution >= 4 is 21.2 Å². The minimum Gasteiger partial charge on any atom is -0.384 e. The molecule has 0 saturated heterocycles. The Morgan fingerprint density at radius 3 is 1.57 bits per heavy atom. The van der Waals surface area contributed by atoms with E-state index in [4.69, 9.17) is 0 Å². The molecule has 3 rings (SSSR count). The third kappa shape index (κ3) is 2.38. The second-order valence-corrected chi connectivity index (χ2v) is 8.03. The first-order chi connectivity index (χ1) is 10.7. The lowest BCUT2D eigenvalue weighted by atomic mass is 10.00. The third-order valence-corrected chi connectivity index (χ3v) is 6.06. The number of sulfone groups is 1. The van der Waals surface area contributed by atoms with E-state index in [1.54, 1.807) is 24.3 Å². The Morgan fingerprint density at radius 1 is 0.826 bits per heavy atom. The molecule has 0 unspecified atom stereocenters. The highest BCUT2D eigenvalue weighted by Gasteiger charge is 2.35. The van der Waals surface area contributed by atoms with Gasteiger partial charge >= 0.3 is 0 Å². The van der Waals surface area contributed by atoms with Gasteiger partial charge in [-0.3, -0.25) is 0 Å². The van der Waals surface area contributed by atoms with Crippen LogP contribution in [0.4, 0.5) is 11.4 Å². The lowest BCUT2D eigenvalue weighted by Crippen LogP contribution is -2.21. The average molecular weight is 332 g/mol. The van der Waals surface area contributed by atoms with Crippen LogP contribution in [0.5, 0.6) is 0 Å². The number of aliphatic hydroxyl groups is 1. The number of nitrogens with zero attached hydrogens (tertiary/aromatic N) is 2. The molecule has 0 bridgehead atoms. The van der Waals surface area contributed by atoms with E-state index in [0.717, 1.165) is 11.4 Å². The summed E-state index contributed by atoms with van der Waals surface area (Å²) in [6, 6.07) is 10.3. The van der Waals surface area contributed by atoms with Crippen molar-refractivity contribution in [1.82, 2.24) is 0 Å². The van der Waals surface area contributed by atoms with Gasteiger partial charge in [0.1, 0.15) is 6.10 Å². The van der Waals surface area contributed by atoms with Gasteiger partial charge in [0, 0.05) is 50.7 Å². The summed E-state index contributed by atoms with van der Waals surface area (Å²) in [5, 5.41) is 10.6. The molecular weight excluding hydrogens is 312 g/mol. The van der Waals surface area contributed by atoms with Gasteiger partial charge in [0.2, 0.25) is 9.84 Å². The van der Waals surface area contributed by atoms with Gasteiger partial charge < -0.3 is 14.9 Å². The Kier molecular flexibility index (Phi) is 3.61. The predicted octanol–water partition coefficient (Wildman–Crippen LogP) is 2.05. The van der Waals surface area contributed by atoms with Crippen molar-refractivity contribution in [2.75, 3.05) is 38.0 Å². The predicted molar refractivity (Wildman–Crippen MR) is 91.1 cm³/mol. The number of benzene rings is 2. The summed E-state index contributed by atoms with van der Waals surface area (Å²) in [6.07, 6.45) is -0.934. The van der Waals surface area contributed by atoms with Crippen LogP contribution in [0.1, 0.15) is 17.2 Å². The van der Waals surface area contributed by atoms with E-state index in [1.165, 1.54) is 0 Å². The summed E-state index contributed by atoms with van der Waals surface area (Å²) in [7, 11) is 3.75. The van der Waals surface area contributed by atoms with E-state index in [9.17, 15) is 13.5 Å². The van der Waals surface area contributed by atoms with E-state index in [-0.39, 0.29) is 9.79 Å². The highest BCUT2D eigenvalue weighted by molar-refractivity contribution is 7.91. The molecular formula is C17H20N2O3S. The van der Waals surface area contributed by atoms with Crippen molar-refractivity contribution in [2.45, 2.75) is 15.9 Å². The average Bonchev–Trinajstić information content (AvgIpc) is 2.51. The Morgan fingerprint density at radius 2 is 1.22 bits per heavy atom. The zero-order valence-electron chi connectivity index (χ0n) is 13.6. The van der Waals surface area contributed by atoms with Gasteiger partial charge in [0.15, 0.2) is 0 Å². The molecule has 0 aliphatic carbocycles. The van der Waals surface area contributed by atoms with Crippen LogP contribution in [0, 0.1) is 0 Å². The van der Waals surface area contributed by atoms with Crippen LogP contribution in [0.15, 0.2) is 46.2 Å². The summed E-state index contributed by atoms with van der Waals surface area (Å²) >= 11 is 0. The molecule has 1 aliphatic heterocycles. The van der Waals surface area contributed by atoms with Gasteiger partial charge in [-0.25, -0.2) is 8.42 Å². The Labute approximate surface area is 136 Å². The fourth-order valence-corrected chi connectivity index (χ4v) is 4.57. The first-order valence-electron chi connectivity index (χ1n) is 7.29. The van der Waals surface area contributed by atoms with Gasteiger partial charge in [-0.1, -0.05) is 12.1 Å². The summed E-state index contributed by atoms with van der Waals surface area (Å²) in [6.45, 7) is 0. The Hall–Kier alpha value is -2.05. The zero-order valence-corrected chi connectivity index (χ0v) is 14.4. The van der Waals surface area contributed by atoms with Crippen LogP contribution in [0.2, 0.25) is 0 Å². The number of anilines is 2. The molecule has 0 aromatic heterocycles. The molecule has 2 aromatic carbocycles. The van der Waals surface area contributed by atoms with E-state index in [2.05, 4.69) is 0 Å². The molecule has 122 valence electrons. The van der Waals surface area contributed by atoms with Crippen LogP contribution in [0.25, 0.3) is 0 Å². The molecule has 23 heavy (non-hydrogen) atoms. The Bertz CT molecular complexity index is 808. The third-order valence-electron chi connectivity index (χ3n) is 4.20. The van der Waals surface area contributed by atoms with Crippen molar-refractivity contribution in [3.8, 4) is 0 Å². The van der Waals surface area contributed by atoms with Gasteiger partial charge in [0.05, 0.1) is 9.79 Å². The summed E-state index contributed by atoms with van der Waals surface area (Å²) in [5.74, 6) is 0. The SMILES string of the molecule is CN(C)c1ccc2c(c1)S(=O)(=O)c1cc(N(C)C)ccc1C2O. The fraction of sp³-hybridized carbons (Fsp3) is 0.294. The van der Waals surface area contributed by atoms with Crippen LogP contribution in [-0.4, -0.2) is 41.7 Å². The molecule has 1 aliphatic rings. The van der Waals surface area contributed by atoms with Crippen molar-refractivity contribution in [3.05, 3.63) is 47.5 Å². The molecule has 0 amide bonds. The van der Waals surface area contributed by atoms with Gasteiger partial charge in [-0.15, -0.1) is 0 Å². The van der Waals surface area contributed by atoms with Crippen LogP contribution < -0.4 is 9.80 Å². The second kappa shape index (κ2) is 5.25. The first-order valence-corrected chi connectivity index (χ1v) is 8.77. The topological polar surface area (TPSA) is 60.9 Å². The molecule has 0 atom stereocenters. The van der Waals surface area contributed by atoms with E-state index in [1.807, 2.05) is 50.1 Å². The fourth-order valence-electron chi connectivity index (χ4n) is 2.81. The summed E-state index contributed by atoms with van der Waals surface area (Å²) in [5.41, 5.74) is 2.43. The van der Waals surface area contributed by atoms with Crippen LogP contribution in [-0.2, 0) is 9.84 Å². The molecule has 0 radical (unpaired) electrons. The summed E-state index contributed by atoms with van der Waals surface area (Å²) < 4.78 is 26.1. The van der Waals surface area contributed by atoms with Gasteiger partial charge in [-0.2, -0.15) is 0 Å². The largest absolute Gasteiger partial charge is 0.384 e. The van der Waals surface area contributed by atoms with Crippen molar-refractivity contribution < 1.29 is 13.5 Å². The quantitative estimate of drug-likeness (QED) is 0.912. The molecule has 1 heterocycles. The number of fused-ring (bicyclic) bond motifs is 2. The van der Waals surface area contributed by atoms with Gasteiger partial charge in [-0.05, 0) is 24.3 Å². The van der Waals surface area contributed by atoms with Crippen molar-refractivity contribution in [2.24, 2.45) is 0 Å². The van der Waals surface area contributed by atoms with Crippen molar-refractivity contribution in [3.63, 3.8) is 0 Å². The smallest absolute Gasteiger partial charge is 0.207 e. The molecule has 6 heteroatoms. The van der Waals surface area contributed by atoms with E-state index < -0.39 is 15.9 Å². The molecule has 1 N–H and O–H groups in total. The van der Waals surface area contributed by atoms with Crippen LogP contribution in [0.3, 0.4) is 0 Å². The number of aliphatic hydroxyl groups excluding tert-OH is 1. The highest BCUT2D eigenvalue weighted by atomic mass is 32.2. The normalized spacial score (nSPS) is 15.7. The van der Waals surface area contributed by atoms with Crippen LogP contribution >= 0.6 is 0 Å². The Balaban J connectivity index is 2.28. The standard InChI is InChI=1S/C17H20N2O3S/c1-18(2)11-5-7-13-15(9-11)23(21,22)16-10-12(19(3)4)6-8-14(16)17(13)20/h5-10,17,20H,1-4H3. The summed E-state index contributed by atoms with van der Waals surface area (Å²) in [4.78, 5) is 4.04. The van der Waals surface area contributed by atoms with E-state index >= 15 is 0 Å². The van der Waals surface area contributed by atoms with Crippen molar-refractivity contribution in [1.29, 1.82) is 0 Å². The lowest BCUT2D eigenvalue weighted by molar-refractivity contribution is 0.212. The number of rotatable bonds is 2. The van der Waals surface area contributed by atoms with E-state index in [0.29, 0.717) is 11.1 Å². The minimum absolute atomic E-state index is 0.180. The molecule has 2 aromatic rings. The molecule has 0 saturated carbocycles. The maximum Gasteiger partial charge on any atom is 0.207 e. The molecule has 0 spiro atoms. The molecule has 0 fully saturated rings. The second-order valence-electron chi connectivity index (χ2n) is 6.14. The molecule has 5 nitrogen and oxygen atoms in total. The minimum atomic E-state index is -3.66. The zero-order chi connectivity index (χ0) is 16.9. The monoisotopic (exact) mass is 332 g/mol. The maximum absolute atomic E-state index is 13.0.